The van der Waals surface area contributed by atoms with Crippen LogP contribution < -0.4 is 5.32 Å². The average Bonchev–Trinajstić information content (AvgIpc) is 3.35. The van der Waals surface area contributed by atoms with Gasteiger partial charge in [-0.25, -0.2) is 0 Å². The van der Waals surface area contributed by atoms with Gasteiger partial charge in [-0.1, -0.05) is 29.8 Å². The Labute approximate surface area is 172 Å². The second kappa shape index (κ2) is 9.69. The molecular weight excluding hydrogens is 372 g/mol. The Morgan fingerprint density at radius 1 is 1.38 bits per heavy atom. The predicted molar refractivity (Wildman–Crippen MR) is 109 cm³/mol. The molecule has 7 heteroatoms. The number of ether oxygens (including phenoxy) is 1. The maximum absolute atomic E-state index is 12.3. The van der Waals surface area contributed by atoms with Gasteiger partial charge in [0.15, 0.2) is 0 Å². The Balaban J connectivity index is 0.000000755. The van der Waals surface area contributed by atoms with Crippen molar-refractivity contribution in [1.82, 2.24) is 10.2 Å². The summed E-state index contributed by atoms with van der Waals surface area (Å²) in [5, 5.41) is 19.3. The SMILES string of the molecule is Cc1ccc(CCC(=O)NC[C@H]2[C@H]3CN(CCO)C[C@]34CC[C@H]2O4)cc1.O=CO. The number of fused-ring (bicyclic) bond motifs is 1. The Morgan fingerprint density at radius 3 is 2.79 bits per heavy atom. The minimum atomic E-state index is -0.250. The number of likely N-dealkylation sites (tertiary alicyclic amines) is 1. The molecule has 3 fully saturated rings. The molecule has 1 amide bonds. The van der Waals surface area contributed by atoms with Crippen LogP contribution in [0.5, 0.6) is 0 Å². The molecule has 160 valence electrons. The van der Waals surface area contributed by atoms with Crippen molar-refractivity contribution in [3.05, 3.63) is 35.4 Å². The van der Waals surface area contributed by atoms with Crippen molar-refractivity contribution in [2.24, 2.45) is 11.8 Å². The normalized spacial score (nSPS) is 29.8. The first-order valence-electron chi connectivity index (χ1n) is 10.4. The maximum atomic E-state index is 12.3. The summed E-state index contributed by atoms with van der Waals surface area (Å²) >= 11 is 0. The summed E-state index contributed by atoms with van der Waals surface area (Å²) in [6.07, 6.45) is 3.85. The number of hydrogen-bond donors (Lipinski definition) is 3. The van der Waals surface area contributed by atoms with E-state index in [-0.39, 0.29) is 24.6 Å². The fourth-order valence-corrected chi connectivity index (χ4v) is 5.20. The van der Waals surface area contributed by atoms with Crippen LogP contribution >= 0.6 is 0 Å². The van der Waals surface area contributed by atoms with Gasteiger partial charge < -0.3 is 20.3 Å². The van der Waals surface area contributed by atoms with Gasteiger partial charge in [-0.05, 0) is 31.7 Å². The number of rotatable bonds is 7. The van der Waals surface area contributed by atoms with Crippen LogP contribution in [0.2, 0.25) is 0 Å². The number of amides is 1. The fourth-order valence-electron chi connectivity index (χ4n) is 5.20. The highest BCUT2D eigenvalue weighted by atomic mass is 16.5. The third-order valence-electron chi connectivity index (χ3n) is 6.57. The Kier molecular flexibility index (Phi) is 7.27. The van der Waals surface area contributed by atoms with E-state index < -0.39 is 0 Å². The highest BCUT2D eigenvalue weighted by Crippen LogP contribution is 2.54. The first-order valence-corrected chi connectivity index (χ1v) is 10.4. The summed E-state index contributed by atoms with van der Waals surface area (Å²) in [6, 6.07) is 8.39. The molecule has 1 spiro atoms. The number of carbonyl (C=O) groups excluding carboxylic acids is 1. The quantitative estimate of drug-likeness (QED) is 0.591. The second-order valence-electron chi connectivity index (χ2n) is 8.38. The lowest BCUT2D eigenvalue weighted by Crippen LogP contribution is -2.41. The predicted octanol–water partition coefficient (Wildman–Crippen LogP) is 1.22. The largest absolute Gasteiger partial charge is 0.483 e. The van der Waals surface area contributed by atoms with Crippen molar-refractivity contribution in [1.29, 1.82) is 0 Å². The molecule has 0 unspecified atom stereocenters. The number of carboxylic acid groups (broad SMARTS) is 1. The van der Waals surface area contributed by atoms with E-state index in [0.717, 1.165) is 45.4 Å². The molecule has 3 saturated heterocycles. The lowest BCUT2D eigenvalue weighted by Gasteiger charge is -2.29. The van der Waals surface area contributed by atoms with E-state index in [0.29, 0.717) is 24.4 Å². The number of nitrogens with zero attached hydrogens (tertiary/aromatic N) is 1. The zero-order valence-electron chi connectivity index (χ0n) is 17.0. The van der Waals surface area contributed by atoms with Gasteiger partial charge in [-0.2, -0.15) is 0 Å². The lowest BCUT2D eigenvalue weighted by atomic mass is 9.73. The maximum Gasteiger partial charge on any atom is 0.290 e. The molecular formula is C22H32N2O5. The first kappa shape index (κ1) is 21.7. The van der Waals surface area contributed by atoms with Crippen LogP contribution in [-0.4, -0.2) is 72.0 Å². The van der Waals surface area contributed by atoms with E-state index in [4.69, 9.17) is 14.6 Å². The molecule has 3 aliphatic rings. The number of β-amino-alcohol motifs (C(OH)–C–C–N with tert-alkyl or cyclic N) is 1. The monoisotopic (exact) mass is 404 g/mol. The molecule has 0 radical (unpaired) electrons. The highest BCUT2D eigenvalue weighted by molar-refractivity contribution is 5.76. The molecule has 0 aromatic heterocycles. The van der Waals surface area contributed by atoms with E-state index >= 15 is 0 Å². The van der Waals surface area contributed by atoms with E-state index in [1.54, 1.807) is 0 Å². The molecule has 0 aliphatic carbocycles. The van der Waals surface area contributed by atoms with Crippen molar-refractivity contribution in [3.8, 4) is 0 Å². The van der Waals surface area contributed by atoms with Crippen LogP contribution in [0.4, 0.5) is 0 Å². The van der Waals surface area contributed by atoms with Crippen LogP contribution in [0.3, 0.4) is 0 Å². The van der Waals surface area contributed by atoms with Crippen molar-refractivity contribution in [2.45, 2.75) is 44.3 Å². The summed E-state index contributed by atoms with van der Waals surface area (Å²) in [6.45, 7) is 5.39. The van der Waals surface area contributed by atoms with E-state index in [2.05, 4.69) is 41.4 Å². The Bertz CT molecular complexity index is 695. The summed E-state index contributed by atoms with van der Waals surface area (Å²) < 4.78 is 6.37. The van der Waals surface area contributed by atoms with E-state index in [1.807, 2.05) is 0 Å². The zero-order chi connectivity index (χ0) is 20.9. The van der Waals surface area contributed by atoms with Gasteiger partial charge in [-0.3, -0.25) is 14.5 Å². The number of benzene rings is 1. The van der Waals surface area contributed by atoms with Gasteiger partial charge in [0.1, 0.15) is 0 Å². The molecule has 1 aromatic rings. The van der Waals surface area contributed by atoms with Gasteiger partial charge in [0, 0.05) is 44.4 Å². The Hall–Kier alpha value is -1.96. The van der Waals surface area contributed by atoms with Crippen molar-refractivity contribution in [2.75, 3.05) is 32.8 Å². The fraction of sp³-hybridized carbons (Fsp3) is 0.636. The van der Waals surface area contributed by atoms with Crippen LogP contribution in [0.15, 0.2) is 24.3 Å². The van der Waals surface area contributed by atoms with Crippen LogP contribution in [-0.2, 0) is 20.7 Å². The van der Waals surface area contributed by atoms with Crippen LogP contribution in [0, 0.1) is 18.8 Å². The first-order chi connectivity index (χ1) is 14.0. The highest BCUT2D eigenvalue weighted by Gasteiger charge is 2.62. The zero-order valence-corrected chi connectivity index (χ0v) is 17.0. The molecule has 1 aromatic carbocycles. The minimum Gasteiger partial charge on any atom is -0.483 e. The van der Waals surface area contributed by atoms with Gasteiger partial charge in [0.2, 0.25) is 5.91 Å². The molecule has 0 saturated carbocycles. The van der Waals surface area contributed by atoms with Crippen molar-refractivity contribution < 1.29 is 24.5 Å². The number of carbonyl (C=O) groups is 2. The summed E-state index contributed by atoms with van der Waals surface area (Å²) in [4.78, 5) is 23.0. The summed E-state index contributed by atoms with van der Waals surface area (Å²) in [7, 11) is 0. The molecule has 3 N–H and O–H groups in total. The second-order valence-corrected chi connectivity index (χ2v) is 8.38. The van der Waals surface area contributed by atoms with Crippen LogP contribution in [0.1, 0.15) is 30.4 Å². The lowest BCUT2D eigenvalue weighted by molar-refractivity contribution is -0.123. The molecule has 29 heavy (non-hydrogen) atoms. The average molecular weight is 405 g/mol. The molecule has 3 heterocycles. The van der Waals surface area contributed by atoms with Crippen LogP contribution in [0.25, 0.3) is 0 Å². The molecule has 2 bridgehead atoms. The van der Waals surface area contributed by atoms with E-state index in [1.165, 1.54) is 11.1 Å². The Morgan fingerprint density at radius 2 is 2.10 bits per heavy atom. The third kappa shape index (κ3) is 4.97. The van der Waals surface area contributed by atoms with Crippen molar-refractivity contribution in [3.63, 3.8) is 0 Å². The number of hydrogen-bond acceptors (Lipinski definition) is 5. The molecule has 3 aliphatic heterocycles. The topological polar surface area (TPSA) is 99.1 Å². The smallest absolute Gasteiger partial charge is 0.290 e. The van der Waals surface area contributed by atoms with Gasteiger partial charge in [-0.15, -0.1) is 0 Å². The molecule has 4 rings (SSSR count). The molecule has 4 atom stereocenters. The van der Waals surface area contributed by atoms with Gasteiger partial charge in [0.25, 0.3) is 6.47 Å². The third-order valence-corrected chi connectivity index (χ3v) is 6.57. The number of nitrogens with one attached hydrogen (secondary N) is 1. The summed E-state index contributed by atoms with van der Waals surface area (Å²) in [5.74, 6) is 1.04. The van der Waals surface area contributed by atoms with Crippen molar-refractivity contribution >= 4 is 12.4 Å². The van der Waals surface area contributed by atoms with E-state index in [9.17, 15) is 9.90 Å². The van der Waals surface area contributed by atoms with Gasteiger partial charge in [0.05, 0.1) is 18.3 Å². The molecule has 7 nitrogen and oxygen atoms in total. The van der Waals surface area contributed by atoms with Gasteiger partial charge >= 0.3 is 0 Å². The number of aryl methyl sites for hydroxylation is 2. The number of aliphatic hydroxyl groups excluding tert-OH is 1. The summed E-state index contributed by atoms with van der Waals surface area (Å²) in [5.41, 5.74) is 2.44. The standard InChI is InChI=1S/C21H30N2O3.CH2O2/c1-15-2-4-16(5-3-15)6-7-20(25)22-12-17-18-13-23(10-11-24)14-21(18)9-8-19(17)26-21;2-1-3/h2-5,17-19,24H,6-14H2,1H3,(H,22,25);1H,(H,2,3)/t17-,18+,19+,21+;/m0./s1. The number of aliphatic hydroxyl groups is 1. The minimum absolute atomic E-state index is 0.0167.